The van der Waals surface area contributed by atoms with Crippen molar-refractivity contribution in [3.63, 3.8) is 0 Å². The summed E-state index contributed by atoms with van der Waals surface area (Å²) in [6, 6.07) is 12.3. The number of anilines is 1. The van der Waals surface area contributed by atoms with Crippen LogP contribution in [0.2, 0.25) is 0 Å². The topological polar surface area (TPSA) is 43.0 Å². The number of fused-ring (bicyclic) bond motifs is 1. The predicted octanol–water partition coefficient (Wildman–Crippen LogP) is 0.952. The molecule has 0 amide bonds. The molecule has 0 aliphatic carbocycles. The Labute approximate surface area is 161 Å². The van der Waals surface area contributed by atoms with Crippen molar-refractivity contribution in [1.82, 2.24) is 9.55 Å². The predicted molar refractivity (Wildman–Crippen MR) is 100 cm³/mol. The van der Waals surface area contributed by atoms with Gasteiger partial charge >= 0.3 is 0 Å². The number of pyridine rings is 1. The molecular weight excluding hydrogens is 348 g/mol. The lowest BCUT2D eigenvalue weighted by atomic mass is 10.2. The fourth-order valence-corrected chi connectivity index (χ4v) is 2.82. The number of hydrogen-bond donors (Lipinski definition) is 1. The SMILES string of the molecule is CCCCCCOC[n+]1cccc(NCn2cnc3ccccc32)c1.[Cl-]. The molecule has 0 radical (unpaired) electrons. The molecule has 140 valence electrons. The van der Waals surface area contributed by atoms with Crippen LogP contribution in [0.1, 0.15) is 32.6 Å². The molecule has 0 bridgehead atoms. The Morgan fingerprint density at radius 1 is 1.12 bits per heavy atom. The van der Waals surface area contributed by atoms with Gasteiger partial charge in [-0.25, -0.2) is 4.98 Å². The number of ether oxygens (including phenoxy) is 1. The van der Waals surface area contributed by atoms with E-state index in [0.29, 0.717) is 13.4 Å². The third-order valence-corrected chi connectivity index (χ3v) is 4.22. The summed E-state index contributed by atoms with van der Waals surface area (Å²) < 4.78 is 9.92. The number of hydrogen-bond acceptors (Lipinski definition) is 3. The highest BCUT2D eigenvalue weighted by Gasteiger charge is 2.04. The summed E-state index contributed by atoms with van der Waals surface area (Å²) >= 11 is 0. The highest BCUT2D eigenvalue weighted by Crippen LogP contribution is 2.12. The van der Waals surface area contributed by atoms with Crippen LogP contribution in [0.4, 0.5) is 5.69 Å². The molecule has 0 fully saturated rings. The molecule has 0 saturated carbocycles. The molecule has 0 atom stereocenters. The summed E-state index contributed by atoms with van der Waals surface area (Å²) in [6.07, 6.45) is 10.9. The van der Waals surface area contributed by atoms with Crippen molar-refractivity contribution in [3.05, 3.63) is 55.1 Å². The molecule has 2 aromatic heterocycles. The first kappa shape index (κ1) is 20.2. The molecule has 0 spiro atoms. The summed E-state index contributed by atoms with van der Waals surface area (Å²) in [5.41, 5.74) is 3.22. The first-order valence-corrected chi connectivity index (χ1v) is 9.07. The Balaban J connectivity index is 0.00000243. The van der Waals surface area contributed by atoms with E-state index in [1.807, 2.05) is 36.8 Å². The third kappa shape index (κ3) is 5.71. The highest BCUT2D eigenvalue weighted by molar-refractivity contribution is 5.74. The van der Waals surface area contributed by atoms with Gasteiger partial charge in [0.1, 0.15) is 5.69 Å². The molecule has 6 heteroatoms. The van der Waals surface area contributed by atoms with Gasteiger partial charge in [-0.3, -0.25) is 0 Å². The van der Waals surface area contributed by atoms with Gasteiger partial charge in [0.2, 0.25) is 0 Å². The second-order valence-electron chi connectivity index (χ2n) is 6.24. The molecule has 0 saturated heterocycles. The highest BCUT2D eigenvalue weighted by atomic mass is 35.5. The van der Waals surface area contributed by atoms with Crippen molar-refractivity contribution in [2.45, 2.75) is 46.0 Å². The molecular formula is C20H27ClN4O. The third-order valence-electron chi connectivity index (χ3n) is 4.22. The van der Waals surface area contributed by atoms with Crippen molar-refractivity contribution in [1.29, 1.82) is 0 Å². The number of rotatable bonds is 10. The lowest BCUT2D eigenvalue weighted by Gasteiger charge is -2.07. The van der Waals surface area contributed by atoms with Crippen LogP contribution >= 0.6 is 0 Å². The van der Waals surface area contributed by atoms with E-state index >= 15 is 0 Å². The average Bonchev–Trinajstić information content (AvgIpc) is 3.06. The Morgan fingerprint density at radius 2 is 2.00 bits per heavy atom. The second kappa shape index (κ2) is 10.8. The summed E-state index contributed by atoms with van der Waals surface area (Å²) in [4.78, 5) is 4.42. The summed E-state index contributed by atoms with van der Waals surface area (Å²) in [5.74, 6) is 0. The summed E-state index contributed by atoms with van der Waals surface area (Å²) in [7, 11) is 0. The second-order valence-corrected chi connectivity index (χ2v) is 6.24. The number of nitrogens with zero attached hydrogens (tertiary/aromatic N) is 3. The first-order chi connectivity index (χ1) is 12.4. The maximum atomic E-state index is 5.75. The zero-order valence-electron chi connectivity index (χ0n) is 15.3. The zero-order valence-corrected chi connectivity index (χ0v) is 16.0. The molecule has 0 aliphatic heterocycles. The quantitative estimate of drug-likeness (QED) is 0.424. The van der Waals surface area contributed by atoms with Gasteiger partial charge < -0.3 is 27.0 Å². The van der Waals surface area contributed by atoms with Gasteiger partial charge in [0.05, 0.1) is 30.6 Å². The molecule has 5 nitrogen and oxygen atoms in total. The zero-order chi connectivity index (χ0) is 17.3. The Morgan fingerprint density at radius 3 is 2.88 bits per heavy atom. The van der Waals surface area contributed by atoms with Gasteiger partial charge in [0, 0.05) is 6.07 Å². The van der Waals surface area contributed by atoms with Crippen molar-refractivity contribution < 1.29 is 21.7 Å². The van der Waals surface area contributed by atoms with E-state index in [1.54, 1.807) is 0 Å². The minimum absolute atomic E-state index is 0. The van der Waals surface area contributed by atoms with Crippen LogP contribution in [0.25, 0.3) is 11.0 Å². The number of imidazole rings is 1. The van der Waals surface area contributed by atoms with Crippen LogP contribution < -0.4 is 22.3 Å². The van der Waals surface area contributed by atoms with Crippen LogP contribution in [-0.2, 0) is 18.1 Å². The number of unbranched alkanes of at least 4 members (excludes halogenated alkanes) is 3. The Kier molecular flexibility index (Phi) is 8.38. The van der Waals surface area contributed by atoms with Gasteiger partial charge in [-0.1, -0.05) is 38.3 Å². The minimum Gasteiger partial charge on any atom is -1.00 e. The number of para-hydroxylation sites is 2. The molecule has 2 heterocycles. The Hall–Kier alpha value is -2.11. The molecule has 0 aliphatic rings. The Bertz CT molecular complexity index is 790. The van der Waals surface area contributed by atoms with E-state index < -0.39 is 0 Å². The minimum atomic E-state index is 0. The van der Waals surface area contributed by atoms with E-state index in [9.17, 15) is 0 Å². The molecule has 1 aromatic carbocycles. The molecule has 3 rings (SSSR count). The van der Waals surface area contributed by atoms with E-state index in [0.717, 1.165) is 29.7 Å². The number of nitrogens with one attached hydrogen (secondary N) is 1. The maximum absolute atomic E-state index is 5.75. The van der Waals surface area contributed by atoms with Crippen LogP contribution in [0.15, 0.2) is 55.1 Å². The van der Waals surface area contributed by atoms with Crippen molar-refractivity contribution in [2.75, 3.05) is 11.9 Å². The van der Waals surface area contributed by atoms with Gasteiger partial charge in [-0.15, -0.1) is 0 Å². The van der Waals surface area contributed by atoms with E-state index in [1.165, 1.54) is 19.3 Å². The molecule has 26 heavy (non-hydrogen) atoms. The maximum Gasteiger partial charge on any atom is 0.252 e. The first-order valence-electron chi connectivity index (χ1n) is 9.07. The van der Waals surface area contributed by atoms with Crippen molar-refractivity contribution >= 4 is 16.7 Å². The van der Waals surface area contributed by atoms with Gasteiger partial charge in [0.15, 0.2) is 12.4 Å². The van der Waals surface area contributed by atoms with Gasteiger partial charge in [-0.05, 0) is 24.6 Å². The average molecular weight is 375 g/mol. The van der Waals surface area contributed by atoms with E-state index in [4.69, 9.17) is 4.74 Å². The van der Waals surface area contributed by atoms with Crippen LogP contribution in [0.3, 0.4) is 0 Å². The van der Waals surface area contributed by atoms with Crippen molar-refractivity contribution in [3.8, 4) is 0 Å². The lowest BCUT2D eigenvalue weighted by Crippen LogP contribution is -3.00. The molecule has 3 aromatic rings. The van der Waals surface area contributed by atoms with E-state index in [-0.39, 0.29) is 12.4 Å². The van der Waals surface area contributed by atoms with Crippen LogP contribution in [0, 0.1) is 0 Å². The smallest absolute Gasteiger partial charge is 0.252 e. The lowest BCUT2D eigenvalue weighted by molar-refractivity contribution is -0.732. The molecule has 1 N–H and O–H groups in total. The van der Waals surface area contributed by atoms with Crippen LogP contribution in [0.5, 0.6) is 0 Å². The largest absolute Gasteiger partial charge is 1.00 e. The normalized spacial score (nSPS) is 10.7. The summed E-state index contributed by atoms with van der Waals surface area (Å²) in [5, 5.41) is 3.44. The van der Waals surface area contributed by atoms with E-state index in [2.05, 4.69) is 44.7 Å². The fourth-order valence-electron chi connectivity index (χ4n) is 2.82. The van der Waals surface area contributed by atoms with Crippen LogP contribution in [-0.4, -0.2) is 16.2 Å². The number of benzene rings is 1. The number of aromatic nitrogens is 3. The fraction of sp³-hybridized carbons (Fsp3) is 0.400. The van der Waals surface area contributed by atoms with Gasteiger partial charge in [0.25, 0.3) is 6.73 Å². The van der Waals surface area contributed by atoms with Gasteiger partial charge in [-0.2, -0.15) is 4.57 Å². The van der Waals surface area contributed by atoms with Crippen molar-refractivity contribution in [2.24, 2.45) is 0 Å². The standard InChI is InChI=1S/C20H27N4O.ClH/c1-2-3-4-7-13-25-17-23-12-8-9-18(14-23)21-15-24-16-22-19-10-5-6-11-20(19)24;/h5-6,8-12,14,16,21H,2-4,7,13,15,17H2,1H3;1H/q+1;/p-1. The summed E-state index contributed by atoms with van der Waals surface area (Å²) in [6.45, 7) is 4.32. The number of halogens is 1. The monoisotopic (exact) mass is 374 g/mol. The molecule has 0 unspecified atom stereocenters.